The molecule has 8 nitrogen and oxygen atoms in total. The van der Waals surface area contributed by atoms with Crippen molar-refractivity contribution in [3.05, 3.63) is 29.8 Å². The molecule has 1 aliphatic carbocycles. The van der Waals surface area contributed by atoms with Gasteiger partial charge in [-0.3, -0.25) is 14.5 Å². The number of halogens is 1. The zero-order valence-corrected chi connectivity index (χ0v) is 17.4. The van der Waals surface area contributed by atoms with Gasteiger partial charge >= 0.3 is 6.03 Å². The summed E-state index contributed by atoms with van der Waals surface area (Å²) in [5.41, 5.74) is 5.58. The highest BCUT2D eigenvalue weighted by Crippen LogP contribution is 2.37. The molecule has 9 heteroatoms. The van der Waals surface area contributed by atoms with E-state index in [9.17, 15) is 14.4 Å². The van der Waals surface area contributed by atoms with E-state index in [2.05, 4.69) is 5.32 Å². The Kier molecular flexibility index (Phi) is 5.78. The summed E-state index contributed by atoms with van der Waals surface area (Å²) in [4.78, 5) is 41.0. The smallest absolute Gasteiger partial charge is 0.325 e. The summed E-state index contributed by atoms with van der Waals surface area (Å²) in [7, 11) is 1.56. The number of hydrogen-bond acceptors (Lipinski definition) is 5. The number of carbonyl (C=O) groups excluding carboxylic acids is 3. The second kappa shape index (κ2) is 7.84. The molecule has 4 rings (SSSR count). The lowest BCUT2D eigenvalue weighted by atomic mass is 9.92. The molecule has 1 aromatic rings. The van der Waals surface area contributed by atoms with E-state index in [-0.39, 0.29) is 30.9 Å². The average molecular weight is 423 g/mol. The maximum Gasteiger partial charge on any atom is 0.325 e. The van der Waals surface area contributed by atoms with Gasteiger partial charge in [0.15, 0.2) is 0 Å². The van der Waals surface area contributed by atoms with E-state index >= 15 is 0 Å². The third-order valence-electron chi connectivity index (χ3n) is 6.50. The lowest BCUT2D eigenvalue weighted by Crippen LogP contribution is -2.44. The zero-order chi connectivity index (χ0) is 20.1. The minimum absolute atomic E-state index is 0. The van der Waals surface area contributed by atoms with E-state index in [4.69, 9.17) is 10.5 Å². The van der Waals surface area contributed by atoms with Gasteiger partial charge in [0.2, 0.25) is 5.91 Å². The molecule has 3 fully saturated rings. The van der Waals surface area contributed by atoms with Crippen molar-refractivity contribution < 1.29 is 19.1 Å². The Balaban J connectivity index is 0.00000240. The van der Waals surface area contributed by atoms with Crippen LogP contribution in [0.5, 0.6) is 5.75 Å². The molecule has 4 atom stereocenters. The predicted octanol–water partition coefficient (Wildman–Crippen LogP) is 1.08. The quantitative estimate of drug-likeness (QED) is 0.706. The maximum absolute atomic E-state index is 13.0. The van der Waals surface area contributed by atoms with Crippen molar-refractivity contribution in [2.75, 3.05) is 26.7 Å². The number of nitrogens with one attached hydrogen (secondary N) is 1. The number of nitrogens with two attached hydrogens (primary N) is 1. The Morgan fingerprint density at radius 3 is 2.55 bits per heavy atom. The van der Waals surface area contributed by atoms with Gasteiger partial charge in [-0.2, -0.15) is 0 Å². The molecular formula is C20H27ClN4O4. The molecule has 158 valence electrons. The molecule has 2 heterocycles. The fourth-order valence-electron chi connectivity index (χ4n) is 4.71. The van der Waals surface area contributed by atoms with Crippen LogP contribution in [0, 0.1) is 11.8 Å². The number of benzene rings is 1. The van der Waals surface area contributed by atoms with E-state index in [1.807, 2.05) is 0 Å². The normalized spacial score (nSPS) is 30.8. The first-order valence-electron chi connectivity index (χ1n) is 9.65. The minimum atomic E-state index is -1.20. The predicted molar refractivity (Wildman–Crippen MR) is 109 cm³/mol. The topological polar surface area (TPSA) is 105 Å². The Labute approximate surface area is 176 Å². The Bertz CT molecular complexity index is 817. The largest absolute Gasteiger partial charge is 0.497 e. The van der Waals surface area contributed by atoms with Crippen molar-refractivity contribution in [3.8, 4) is 5.75 Å². The number of urea groups is 1. The molecule has 2 saturated heterocycles. The molecule has 0 aromatic heterocycles. The summed E-state index contributed by atoms with van der Waals surface area (Å²) in [5.74, 6) is 0.799. The highest BCUT2D eigenvalue weighted by atomic mass is 35.5. The van der Waals surface area contributed by atoms with Crippen LogP contribution in [0.25, 0.3) is 0 Å². The van der Waals surface area contributed by atoms with E-state index in [1.54, 1.807) is 43.2 Å². The van der Waals surface area contributed by atoms with Crippen molar-refractivity contribution in [3.63, 3.8) is 0 Å². The van der Waals surface area contributed by atoms with Crippen LogP contribution in [0.4, 0.5) is 4.79 Å². The lowest BCUT2D eigenvalue weighted by Gasteiger charge is -2.24. The van der Waals surface area contributed by atoms with Crippen LogP contribution < -0.4 is 15.8 Å². The van der Waals surface area contributed by atoms with Crippen molar-refractivity contribution >= 4 is 30.3 Å². The SMILES string of the molecule is COc1ccc(C2(C)NC(=O)N(CC(=O)N3CC4CCC(N)C4C3)C2=O)cc1.Cl. The number of carbonyl (C=O) groups is 3. The van der Waals surface area contributed by atoms with Gasteiger partial charge in [0.05, 0.1) is 7.11 Å². The van der Waals surface area contributed by atoms with Gasteiger partial charge in [0.1, 0.15) is 17.8 Å². The fraction of sp³-hybridized carbons (Fsp3) is 0.550. The van der Waals surface area contributed by atoms with Crippen LogP contribution >= 0.6 is 12.4 Å². The van der Waals surface area contributed by atoms with E-state index in [0.29, 0.717) is 36.2 Å². The average Bonchev–Trinajstić information content (AvgIpc) is 3.32. The molecule has 3 aliphatic rings. The van der Waals surface area contributed by atoms with Gasteiger partial charge in [-0.05, 0) is 49.3 Å². The minimum Gasteiger partial charge on any atom is -0.497 e. The van der Waals surface area contributed by atoms with Gasteiger partial charge in [-0.1, -0.05) is 12.1 Å². The van der Waals surface area contributed by atoms with Gasteiger partial charge in [0.25, 0.3) is 5.91 Å². The van der Waals surface area contributed by atoms with Gasteiger partial charge < -0.3 is 20.7 Å². The summed E-state index contributed by atoms with van der Waals surface area (Å²) in [6.45, 7) is 2.69. The molecule has 3 N–H and O–H groups in total. The summed E-state index contributed by atoms with van der Waals surface area (Å²) in [6, 6.07) is 6.54. The fourth-order valence-corrected chi connectivity index (χ4v) is 4.71. The van der Waals surface area contributed by atoms with Gasteiger partial charge in [-0.15, -0.1) is 12.4 Å². The second-order valence-corrected chi connectivity index (χ2v) is 8.14. The highest BCUT2D eigenvalue weighted by molar-refractivity contribution is 6.09. The summed E-state index contributed by atoms with van der Waals surface area (Å²) < 4.78 is 5.14. The molecule has 0 spiro atoms. The molecule has 29 heavy (non-hydrogen) atoms. The van der Waals surface area contributed by atoms with Crippen LogP contribution in [-0.2, 0) is 15.1 Å². The number of imide groups is 1. The first kappa shape index (κ1) is 21.4. The number of hydrogen-bond donors (Lipinski definition) is 2. The maximum atomic E-state index is 13.0. The van der Waals surface area contributed by atoms with Gasteiger partial charge in [-0.25, -0.2) is 4.79 Å². The number of amides is 4. The number of nitrogens with zero attached hydrogens (tertiary/aromatic N) is 2. The molecule has 0 bridgehead atoms. The summed E-state index contributed by atoms with van der Waals surface area (Å²) >= 11 is 0. The van der Waals surface area contributed by atoms with Crippen LogP contribution in [0.1, 0.15) is 25.3 Å². The van der Waals surface area contributed by atoms with Crippen LogP contribution in [0.2, 0.25) is 0 Å². The summed E-state index contributed by atoms with van der Waals surface area (Å²) in [5, 5.41) is 2.73. The van der Waals surface area contributed by atoms with E-state index in [0.717, 1.165) is 17.7 Å². The van der Waals surface area contributed by atoms with Crippen molar-refractivity contribution in [2.45, 2.75) is 31.3 Å². The van der Waals surface area contributed by atoms with Crippen molar-refractivity contribution in [1.29, 1.82) is 0 Å². The Morgan fingerprint density at radius 1 is 1.24 bits per heavy atom. The molecule has 0 radical (unpaired) electrons. The number of ether oxygens (including phenoxy) is 1. The molecule has 1 aromatic carbocycles. The second-order valence-electron chi connectivity index (χ2n) is 8.14. The monoisotopic (exact) mass is 422 g/mol. The number of fused-ring (bicyclic) bond motifs is 1. The first-order valence-corrected chi connectivity index (χ1v) is 9.65. The first-order chi connectivity index (χ1) is 13.3. The number of likely N-dealkylation sites (tertiary alicyclic amines) is 1. The molecule has 4 amide bonds. The number of methoxy groups -OCH3 is 1. The third-order valence-corrected chi connectivity index (χ3v) is 6.50. The standard InChI is InChI=1S/C20H26N4O4.ClH/c1-20(13-4-6-14(28-2)7-5-13)18(26)24(19(27)22-20)11-17(25)23-9-12-3-8-16(21)15(12)10-23;/h4-7,12,15-16H,3,8-11,21H2,1-2H3,(H,22,27);1H. The Morgan fingerprint density at radius 2 is 1.93 bits per heavy atom. The molecule has 1 saturated carbocycles. The molecule has 2 aliphatic heterocycles. The third kappa shape index (κ3) is 3.55. The summed E-state index contributed by atoms with van der Waals surface area (Å²) in [6.07, 6.45) is 2.04. The van der Waals surface area contributed by atoms with Gasteiger partial charge in [0, 0.05) is 19.1 Å². The zero-order valence-electron chi connectivity index (χ0n) is 16.6. The lowest BCUT2D eigenvalue weighted by molar-refractivity contribution is -0.138. The highest BCUT2D eigenvalue weighted by Gasteiger charge is 2.50. The van der Waals surface area contributed by atoms with Crippen molar-refractivity contribution in [1.82, 2.24) is 15.1 Å². The van der Waals surface area contributed by atoms with Crippen molar-refractivity contribution in [2.24, 2.45) is 17.6 Å². The Hall–Kier alpha value is -2.32. The van der Waals surface area contributed by atoms with Crippen LogP contribution in [-0.4, -0.2) is 60.4 Å². The number of rotatable bonds is 4. The van der Waals surface area contributed by atoms with Crippen LogP contribution in [0.3, 0.4) is 0 Å². The van der Waals surface area contributed by atoms with E-state index in [1.165, 1.54) is 0 Å². The molecular weight excluding hydrogens is 396 g/mol. The molecule has 4 unspecified atom stereocenters. The van der Waals surface area contributed by atoms with E-state index < -0.39 is 17.5 Å². The van der Waals surface area contributed by atoms with Crippen LogP contribution in [0.15, 0.2) is 24.3 Å².